The number of hydrogen-bond donors (Lipinski definition) is 1. The Balaban J connectivity index is 2.27. The van der Waals surface area contributed by atoms with Gasteiger partial charge in [0, 0.05) is 12.6 Å². The van der Waals surface area contributed by atoms with Crippen molar-refractivity contribution in [1.82, 2.24) is 4.90 Å². The standard InChI is InChI=1S/C12H26N2O/c1-3-5-12-10-11(6-9-15-12)14(2)8-4-7-13/h11-12H,3-10,13H2,1-2H3. The first-order valence-electron chi connectivity index (χ1n) is 6.29. The maximum atomic E-state index is 5.75. The summed E-state index contributed by atoms with van der Waals surface area (Å²) in [5.74, 6) is 0. The molecule has 0 amide bonds. The summed E-state index contributed by atoms with van der Waals surface area (Å²) in [5.41, 5.74) is 5.53. The smallest absolute Gasteiger partial charge is 0.0590 e. The third kappa shape index (κ3) is 4.49. The van der Waals surface area contributed by atoms with Gasteiger partial charge in [0.1, 0.15) is 0 Å². The molecule has 2 N–H and O–H groups in total. The van der Waals surface area contributed by atoms with Crippen LogP contribution in [0.4, 0.5) is 0 Å². The molecule has 0 aliphatic carbocycles. The minimum atomic E-state index is 0.495. The zero-order valence-corrected chi connectivity index (χ0v) is 10.2. The fourth-order valence-electron chi connectivity index (χ4n) is 2.31. The summed E-state index contributed by atoms with van der Waals surface area (Å²) in [6, 6.07) is 0.710. The molecule has 0 radical (unpaired) electrons. The van der Waals surface area contributed by atoms with Crippen LogP contribution in [0, 0.1) is 0 Å². The van der Waals surface area contributed by atoms with E-state index in [4.69, 9.17) is 10.5 Å². The molecule has 0 aromatic carbocycles. The molecule has 1 fully saturated rings. The van der Waals surface area contributed by atoms with Crippen molar-refractivity contribution in [1.29, 1.82) is 0 Å². The number of nitrogens with zero attached hydrogens (tertiary/aromatic N) is 1. The predicted molar refractivity (Wildman–Crippen MR) is 64.0 cm³/mol. The van der Waals surface area contributed by atoms with Crippen LogP contribution in [-0.2, 0) is 4.74 Å². The van der Waals surface area contributed by atoms with E-state index >= 15 is 0 Å². The van der Waals surface area contributed by atoms with E-state index in [0.29, 0.717) is 12.1 Å². The molecule has 0 saturated carbocycles. The normalized spacial score (nSPS) is 27.2. The van der Waals surface area contributed by atoms with Crippen molar-refractivity contribution in [3.8, 4) is 0 Å². The van der Waals surface area contributed by atoms with Gasteiger partial charge in [-0.25, -0.2) is 0 Å². The zero-order valence-electron chi connectivity index (χ0n) is 10.2. The Morgan fingerprint density at radius 2 is 2.27 bits per heavy atom. The molecule has 0 aromatic rings. The van der Waals surface area contributed by atoms with Crippen molar-refractivity contribution in [2.75, 3.05) is 26.7 Å². The molecule has 1 saturated heterocycles. The molecule has 1 aliphatic heterocycles. The molecule has 1 rings (SSSR count). The molecule has 0 aromatic heterocycles. The fraction of sp³-hybridized carbons (Fsp3) is 1.00. The number of rotatable bonds is 6. The molecule has 1 aliphatic rings. The number of hydrogen-bond acceptors (Lipinski definition) is 3. The fourth-order valence-corrected chi connectivity index (χ4v) is 2.31. The van der Waals surface area contributed by atoms with Crippen molar-refractivity contribution < 1.29 is 4.74 Å². The summed E-state index contributed by atoms with van der Waals surface area (Å²) in [4.78, 5) is 2.46. The lowest BCUT2D eigenvalue weighted by atomic mass is 9.99. The second-order valence-corrected chi connectivity index (χ2v) is 4.58. The highest BCUT2D eigenvalue weighted by Gasteiger charge is 2.24. The van der Waals surface area contributed by atoms with Gasteiger partial charge in [-0.3, -0.25) is 0 Å². The van der Waals surface area contributed by atoms with Gasteiger partial charge in [-0.15, -0.1) is 0 Å². The first-order valence-corrected chi connectivity index (χ1v) is 6.29. The Labute approximate surface area is 94.0 Å². The summed E-state index contributed by atoms with van der Waals surface area (Å²) < 4.78 is 5.75. The van der Waals surface area contributed by atoms with E-state index in [1.807, 2.05) is 0 Å². The summed E-state index contributed by atoms with van der Waals surface area (Å²) in [6.07, 6.45) is 6.42. The van der Waals surface area contributed by atoms with E-state index in [1.54, 1.807) is 0 Å². The molecule has 0 bridgehead atoms. The van der Waals surface area contributed by atoms with Crippen LogP contribution in [0.3, 0.4) is 0 Å². The Kier molecular flexibility index (Phi) is 6.22. The van der Waals surface area contributed by atoms with Crippen LogP contribution in [0.2, 0.25) is 0 Å². The first kappa shape index (κ1) is 12.9. The summed E-state index contributed by atoms with van der Waals surface area (Å²) in [6.45, 7) is 5.08. The molecule has 15 heavy (non-hydrogen) atoms. The van der Waals surface area contributed by atoms with Crippen LogP contribution in [0.25, 0.3) is 0 Å². The molecule has 90 valence electrons. The van der Waals surface area contributed by atoms with E-state index in [9.17, 15) is 0 Å². The van der Waals surface area contributed by atoms with Crippen molar-refractivity contribution in [2.24, 2.45) is 5.73 Å². The van der Waals surface area contributed by atoms with Gasteiger partial charge in [0.15, 0.2) is 0 Å². The minimum Gasteiger partial charge on any atom is -0.378 e. The summed E-state index contributed by atoms with van der Waals surface area (Å²) in [5, 5.41) is 0. The van der Waals surface area contributed by atoms with Gasteiger partial charge in [0.2, 0.25) is 0 Å². The van der Waals surface area contributed by atoms with E-state index in [1.165, 1.54) is 25.7 Å². The van der Waals surface area contributed by atoms with Crippen molar-refractivity contribution in [3.63, 3.8) is 0 Å². The quantitative estimate of drug-likeness (QED) is 0.730. The largest absolute Gasteiger partial charge is 0.378 e. The van der Waals surface area contributed by atoms with Gasteiger partial charge in [0.05, 0.1) is 6.10 Å². The lowest BCUT2D eigenvalue weighted by molar-refractivity contribution is -0.0257. The van der Waals surface area contributed by atoms with Gasteiger partial charge < -0.3 is 15.4 Å². The highest BCUT2D eigenvalue weighted by molar-refractivity contribution is 4.77. The van der Waals surface area contributed by atoms with Crippen LogP contribution < -0.4 is 5.73 Å². The maximum Gasteiger partial charge on any atom is 0.0590 e. The summed E-state index contributed by atoms with van der Waals surface area (Å²) >= 11 is 0. The average molecular weight is 214 g/mol. The Morgan fingerprint density at radius 3 is 2.93 bits per heavy atom. The molecule has 2 unspecified atom stereocenters. The van der Waals surface area contributed by atoms with Crippen LogP contribution >= 0.6 is 0 Å². The van der Waals surface area contributed by atoms with Crippen LogP contribution in [0.15, 0.2) is 0 Å². The highest BCUT2D eigenvalue weighted by atomic mass is 16.5. The van der Waals surface area contributed by atoms with Crippen molar-refractivity contribution in [3.05, 3.63) is 0 Å². The van der Waals surface area contributed by atoms with Crippen molar-refractivity contribution in [2.45, 2.75) is 51.2 Å². The predicted octanol–water partition coefficient (Wildman–Crippen LogP) is 1.61. The van der Waals surface area contributed by atoms with E-state index < -0.39 is 0 Å². The monoisotopic (exact) mass is 214 g/mol. The van der Waals surface area contributed by atoms with Gasteiger partial charge >= 0.3 is 0 Å². The molecule has 3 heteroatoms. The van der Waals surface area contributed by atoms with Gasteiger partial charge in [0.25, 0.3) is 0 Å². The molecule has 2 atom stereocenters. The van der Waals surface area contributed by atoms with E-state index in [0.717, 1.165) is 26.1 Å². The van der Waals surface area contributed by atoms with Crippen LogP contribution in [-0.4, -0.2) is 43.8 Å². The SMILES string of the molecule is CCCC1CC(N(C)CCCN)CCO1. The molecule has 0 spiro atoms. The molecule has 3 nitrogen and oxygen atoms in total. The highest BCUT2D eigenvalue weighted by Crippen LogP contribution is 2.21. The topological polar surface area (TPSA) is 38.5 Å². The lowest BCUT2D eigenvalue weighted by Crippen LogP contribution is -2.41. The van der Waals surface area contributed by atoms with Gasteiger partial charge in [-0.2, -0.15) is 0 Å². The minimum absolute atomic E-state index is 0.495. The second kappa shape index (κ2) is 7.20. The molecule has 1 heterocycles. The summed E-state index contributed by atoms with van der Waals surface area (Å²) in [7, 11) is 2.22. The van der Waals surface area contributed by atoms with E-state index in [2.05, 4.69) is 18.9 Å². The molecular weight excluding hydrogens is 188 g/mol. The third-order valence-electron chi connectivity index (χ3n) is 3.29. The van der Waals surface area contributed by atoms with Gasteiger partial charge in [-0.1, -0.05) is 13.3 Å². The third-order valence-corrected chi connectivity index (χ3v) is 3.29. The second-order valence-electron chi connectivity index (χ2n) is 4.58. The maximum absolute atomic E-state index is 5.75. The van der Waals surface area contributed by atoms with E-state index in [-0.39, 0.29) is 0 Å². The first-order chi connectivity index (χ1) is 7.27. The van der Waals surface area contributed by atoms with Crippen LogP contribution in [0.5, 0.6) is 0 Å². The number of ether oxygens (including phenoxy) is 1. The Hall–Kier alpha value is -0.120. The zero-order chi connectivity index (χ0) is 11.1. The van der Waals surface area contributed by atoms with Gasteiger partial charge in [-0.05, 0) is 45.8 Å². The Bertz CT molecular complexity index is 162. The number of nitrogens with two attached hydrogens (primary N) is 1. The van der Waals surface area contributed by atoms with Crippen LogP contribution in [0.1, 0.15) is 39.0 Å². The molecular formula is C12H26N2O. The Morgan fingerprint density at radius 1 is 1.47 bits per heavy atom. The lowest BCUT2D eigenvalue weighted by Gasteiger charge is -2.35. The van der Waals surface area contributed by atoms with Crippen molar-refractivity contribution >= 4 is 0 Å². The average Bonchev–Trinajstić information content (AvgIpc) is 2.27.